The molecule has 0 radical (unpaired) electrons. The number of rotatable bonds is 4. The van der Waals surface area contributed by atoms with Crippen molar-refractivity contribution in [1.82, 2.24) is 4.40 Å². The molecule has 4 heteroatoms. The lowest BCUT2D eigenvalue weighted by atomic mass is 10.0. The summed E-state index contributed by atoms with van der Waals surface area (Å²) in [6, 6.07) is 14.6. The maximum Gasteiger partial charge on any atom is 0.231 e. The van der Waals surface area contributed by atoms with E-state index in [1.807, 2.05) is 6.07 Å². The summed E-state index contributed by atoms with van der Waals surface area (Å²) in [6.45, 7) is 0.997. The van der Waals surface area contributed by atoms with Crippen LogP contribution in [0.25, 0.3) is 16.6 Å². The predicted molar refractivity (Wildman–Crippen MR) is 86.3 cm³/mol. The molecular formula is C18H18N2O2. The van der Waals surface area contributed by atoms with Crippen LogP contribution in [0.4, 0.5) is 0 Å². The van der Waals surface area contributed by atoms with Crippen molar-refractivity contribution in [3.05, 3.63) is 54.4 Å². The Hall–Kier alpha value is -2.46. The van der Waals surface area contributed by atoms with Crippen molar-refractivity contribution < 1.29 is 9.47 Å². The Labute approximate surface area is 129 Å². The number of hydrogen-bond acceptors (Lipinski definition) is 3. The van der Waals surface area contributed by atoms with Gasteiger partial charge in [0.25, 0.3) is 0 Å². The summed E-state index contributed by atoms with van der Waals surface area (Å²) in [6.07, 6.45) is 4.04. The zero-order chi connectivity index (χ0) is 14.9. The SMILES string of the molecule is NCCCc1c(-c2ccc3c(c2)OCO3)cc2ccccn12. The van der Waals surface area contributed by atoms with E-state index in [0.29, 0.717) is 13.3 Å². The minimum Gasteiger partial charge on any atom is -0.454 e. The van der Waals surface area contributed by atoms with E-state index in [4.69, 9.17) is 15.2 Å². The molecule has 4 nitrogen and oxygen atoms in total. The number of aryl methyl sites for hydroxylation is 1. The number of nitrogens with zero attached hydrogens (tertiary/aromatic N) is 1. The fraction of sp³-hybridized carbons (Fsp3) is 0.222. The summed E-state index contributed by atoms with van der Waals surface area (Å²) < 4.78 is 13.2. The van der Waals surface area contributed by atoms with E-state index in [-0.39, 0.29) is 0 Å². The molecule has 1 aliphatic rings. The van der Waals surface area contributed by atoms with Crippen LogP contribution in [0.3, 0.4) is 0 Å². The van der Waals surface area contributed by atoms with E-state index in [1.165, 1.54) is 16.8 Å². The number of aromatic nitrogens is 1. The Bertz CT molecular complexity index is 823. The van der Waals surface area contributed by atoms with E-state index in [1.54, 1.807) is 0 Å². The van der Waals surface area contributed by atoms with E-state index in [2.05, 4.69) is 47.0 Å². The number of hydrogen-bond donors (Lipinski definition) is 1. The minimum absolute atomic E-state index is 0.302. The van der Waals surface area contributed by atoms with Crippen LogP contribution in [0, 0.1) is 0 Å². The van der Waals surface area contributed by atoms with Gasteiger partial charge in [-0.1, -0.05) is 12.1 Å². The molecule has 3 heterocycles. The second-order valence-electron chi connectivity index (χ2n) is 5.46. The first-order chi connectivity index (χ1) is 10.9. The monoisotopic (exact) mass is 294 g/mol. The quantitative estimate of drug-likeness (QED) is 0.803. The van der Waals surface area contributed by atoms with Gasteiger partial charge in [-0.05, 0) is 55.3 Å². The molecule has 0 saturated heterocycles. The molecule has 3 aromatic rings. The Morgan fingerprint density at radius 2 is 1.95 bits per heavy atom. The smallest absolute Gasteiger partial charge is 0.231 e. The van der Waals surface area contributed by atoms with Crippen LogP contribution >= 0.6 is 0 Å². The lowest BCUT2D eigenvalue weighted by molar-refractivity contribution is 0.174. The highest BCUT2D eigenvalue weighted by molar-refractivity contribution is 5.75. The Kier molecular flexibility index (Phi) is 3.24. The van der Waals surface area contributed by atoms with E-state index in [0.717, 1.165) is 29.9 Å². The Balaban J connectivity index is 1.86. The third kappa shape index (κ3) is 2.12. The van der Waals surface area contributed by atoms with Crippen molar-refractivity contribution >= 4 is 5.52 Å². The Morgan fingerprint density at radius 3 is 2.86 bits per heavy atom. The number of fused-ring (bicyclic) bond motifs is 2. The van der Waals surface area contributed by atoms with E-state index < -0.39 is 0 Å². The normalized spacial score (nSPS) is 13.0. The highest BCUT2D eigenvalue weighted by Gasteiger charge is 2.17. The summed E-state index contributed by atoms with van der Waals surface area (Å²) in [4.78, 5) is 0. The van der Waals surface area contributed by atoms with Gasteiger partial charge in [-0.3, -0.25) is 0 Å². The van der Waals surface area contributed by atoms with Crippen molar-refractivity contribution in [1.29, 1.82) is 0 Å². The van der Waals surface area contributed by atoms with Crippen molar-refractivity contribution in [3.63, 3.8) is 0 Å². The molecule has 0 bridgehead atoms. The van der Waals surface area contributed by atoms with Gasteiger partial charge in [-0.25, -0.2) is 0 Å². The molecule has 22 heavy (non-hydrogen) atoms. The number of benzene rings is 1. The molecule has 0 spiro atoms. The van der Waals surface area contributed by atoms with Crippen LogP contribution in [0.5, 0.6) is 11.5 Å². The lowest BCUT2D eigenvalue weighted by Gasteiger charge is -2.07. The van der Waals surface area contributed by atoms with Crippen LogP contribution in [0.1, 0.15) is 12.1 Å². The lowest BCUT2D eigenvalue weighted by Crippen LogP contribution is -2.03. The third-order valence-electron chi connectivity index (χ3n) is 4.09. The van der Waals surface area contributed by atoms with E-state index >= 15 is 0 Å². The fourth-order valence-corrected chi connectivity index (χ4v) is 3.02. The molecule has 0 atom stereocenters. The molecule has 1 aliphatic heterocycles. The molecule has 0 fully saturated rings. The van der Waals surface area contributed by atoms with Crippen molar-refractivity contribution in [3.8, 4) is 22.6 Å². The summed E-state index contributed by atoms with van der Waals surface area (Å²) in [5.74, 6) is 1.63. The summed E-state index contributed by atoms with van der Waals surface area (Å²) in [7, 11) is 0. The standard InChI is InChI=1S/C18H18N2O2/c19-8-3-5-16-15(11-14-4-1-2-9-20(14)16)13-6-7-17-18(10-13)22-12-21-17/h1-2,4,6-7,9-11H,3,5,8,12,19H2. The molecule has 2 N–H and O–H groups in total. The molecule has 2 aromatic heterocycles. The van der Waals surface area contributed by atoms with Gasteiger partial charge >= 0.3 is 0 Å². The van der Waals surface area contributed by atoms with Crippen LogP contribution in [0.15, 0.2) is 48.7 Å². The molecule has 1 aromatic carbocycles. The molecule has 0 aliphatic carbocycles. The second kappa shape index (κ2) is 5.39. The van der Waals surface area contributed by atoms with Crippen molar-refractivity contribution in [2.45, 2.75) is 12.8 Å². The summed E-state index contributed by atoms with van der Waals surface area (Å²) >= 11 is 0. The van der Waals surface area contributed by atoms with E-state index in [9.17, 15) is 0 Å². The average Bonchev–Trinajstić information content (AvgIpc) is 3.16. The van der Waals surface area contributed by atoms with Gasteiger partial charge in [0.15, 0.2) is 11.5 Å². The molecule has 0 amide bonds. The van der Waals surface area contributed by atoms with Gasteiger partial charge in [0.1, 0.15) is 0 Å². The Morgan fingerprint density at radius 1 is 1.05 bits per heavy atom. The molecule has 4 rings (SSSR count). The zero-order valence-corrected chi connectivity index (χ0v) is 12.3. The molecular weight excluding hydrogens is 276 g/mol. The first-order valence-electron chi connectivity index (χ1n) is 7.56. The van der Waals surface area contributed by atoms with Gasteiger partial charge in [-0.2, -0.15) is 0 Å². The fourth-order valence-electron chi connectivity index (χ4n) is 3.02. The maximum atomic E-state index is 5.71. The number of pyridine rings is 1. The third-order valence-corrected chi connectivity index (χ3v) is 4.09. The zero-order valence-electron chi connectivity index (χ0n) is 12.3. The van der Waals surface area contributed by atoms with Crippen LogP contribution in [-0.2, 0) is 6.42 Å². The largest absolute Gasteiger partial charge is 0.454 e. The molecule has 0 saturated carbocycles. The van der Waals surface area contributed by atoms with Gasteiger partial charge in [0.2, 0.25) is 6.79 Å². The van der Waals surface area contributed by atoms with Gasteiger partial charge in [0, 0.05) is 23.0 Å². The maximum absolute atomic E-state index is 5.71. The molecule has 112 valence electrons. The van der Waals surface area contributed by atoms with Gasteiger partial charge < -0.3 is 19.6 Å². The number of nitrogens with two attached hydrogens (primary N) is 1. The van der Waals surface area contributed by atoms with Crippen LogP contribution < -0.4 is 15.2 Å². The predicted octanol–water partition coefficient (Wildman–Crippen LogP) is 3.23. The summed E-state index contributed by atoms with van der Waals surface area (Å²) in [5, 5.41) is 0. The number of ether oxygens (including phenoxy) is 2. The second-order valence-corrected chi connectivity index (χ2v) is 5.46. The van der Waals surface area contributed by atoms with Gasteiger partial charge in [-0.15, -0.1) is 0 Å². The highest BCUT2D eigenvalue weighted by Crippen LogP contribution is 2.38. The highest BCUT2D eigenvalue weighted by atomic mass is 16.7. The topological polar surface area (TPSA) is 48.9 Å². The molecule has 0 unspecified atom stereocenters. The van der Waals surface area contributed by atoms with Crippen molar-refractivity contribution in [2.75, 3.05) is 13.3 Å². The summed E-state index contributed by atoms with van der Waals surface area (Å²) in [5.41, 5.74) is 10.6. The first-order valence-corrected chi connectivity index (χ1v) is 7.56. The van der Waals surface area contributed by atoms with Crippen molar-refractivity contribution in [2.24, 2.45) is 5.73 Å². The minimum atomic E-state index is 0.302. The first kappa shape index (κ1) is 13.2. The van der Waals surface area contributed by atoms with Crippen LogP contribution in [0.2, 0.25) is 0 Å². The average molecular weight is 294 g/mol. The van der Waals surface area contributed by atoms with Gasteiger partial charge in [0.05, 0.1) is 0 Å². The van der Waals surface area contributed by atoms with Crippen LogP contribution in [-0.4, -0.2) is 17.7 Å².